The number of epoxide rings is 1. The number of nitrogens with two attached hydrogens (primary N) is 2. The van der Waals surface area contributed by atoms with Gasteiger partial charge in [-0.25, -0.2) is 4.98 Å². The normalized spacial score (nSPS) is 19.1. The average Bonchev–Trinajstić information content (AvgIpc) is 2.97. The summed E-state index contributed by atoms with van der Waals surface area (Å²) in [5, 5.41) is 0. The molecule has 1 atom stereocenters. The molecule has 16 heavy (non-hydrogen) atoms. The number of fused-ring (bicyclic) bond motifs is 1. The van der Waals surface area contributed by atoms with Crippen LogP contribution in [0.15, 0.2) is 6.33 Å². The first kappa shape index (κ1) is 9.34. The number of nitrogen functional groups attached to an aromatic ring is 2. The first-order valence-electron chi connectivity index (χ1n) is 5.09. The van der Waals surface area contributed by atoms with E-state index in [1.54, 1.807) is 6.33 Å². The van der Waals surface area contributed by atoms with Crippen molar-refractivity contribution in [1.82, 2.24) is 19.5 Å². The van der Waals surface area contributed by atoms with Gasteiger partial charge in [-0.15, -0.1) is 0 Å². The van der Waals surface area contributed by atoms with Crippen LogP contribution in [0.4, 0.5) is 11.8 Å². The van der Waals surface area contributed by atoms with E-state index in [0.717, 1.165) is 19.6 Å². The van der Waals surface area contributed by atoms with E-state index in [1.807, 2.05) is 4.57 Å². The van der Waals surface area contributed by atoms with Crippen LogP contribution in [0.5, 0.6) is 0 Å². The molecular weight excluding hydrogens is 208 g/mol. The topological polar surface area (TPSA) is 108 Å². The molecule has 7 heteroatoms. The number of hydrogen-bond donors (Lipinski definition) is 2. The second-order valence-corrected chi connectivity index (χ2v) is 3.82. The van der Waals surface area contributed by atoms with Crippen molar-refractivity contribution in [2.45, 2.75) is 19.1 Å². The second kappa shape index (κ2) is 3.31. The Labute approximate surface area is 91.4 Å². The maximum Gasteiger partial charge on any atom is 0.224 e. The Hall–Kier alpha value is -1.89. The molecule has 2 aromatic heterocycles. The van der Waals surface area contributed by atoms with Crippen LogP contribution in [0.1, 0.15) is 6.42 Å². The van der Waals surface area contributed by atoms with Crippen molar-refractivity contribution in [3.05, 3.63) is 6.33 Å². The van der Waals surface area contributed by atoms with Crippen LogP contribution in [-0.4, -0.2) is 32.2 Å². The maximum atomic E-state index is 5.71. The van der Waals surface area contributed by atoms with Gasteiger partial charge in [0.05, 0.1) is 19.0 Å². The molecule has 0 aromatic carbocycles. The summed E-state index contributed by atoms with van der Waals surface area (Å²) in [5.41, 5.74) is 12.5. The number of imidazole rings is 1. The molecule has 1 aliphatic heterocycles. The Bertz CT molecular complexity index is 532. The highest BCUT2D eigenvalue weighted by atomic mass is 16.6. The highest BCUT2D eigenvalue weighted by molar-refractivity contribution is 5.82. The Kier molecular flexibility index (Phi) is 1.93. The molecule has 1 aliphatic rings. The van der Waals surface area contributed by atoms with E-state index in [1.165, 1.54) is 0 Å². The predicted octanol–water partition coefficient (Wildman–Crippen LogP) is -0.220. The van der Waals surface area contributed by atoms with Crippen molar-refractivity contribution < 1.29 is 4.74 Å². The molecule has 0 saturated carbocycles. The van der Waals surface area contributed by atoms with Crippen LogP contribution in [0.2, 0.25) is 0 Å². The van der Waals surface area contributed by atoms with Crippen molar-refractivity contribution in [2.75, 3.05) is 18.1 Å². The first-order valence-corrected chi connectivity index (χ1v) is 5.09. The van der Waals surface area contributed by atoms with Gasteiger partial charge in [0.2, 0.25) is 5.95 Å². The third-order valence-electron chi connectivity index (χ3n) is 2.60. The molecule has 1 fully saturated rings. The molecule has 0 bridgehead atoms. The van der Waals surface area contributed by atoms with Crippen LogP contribution in [0, 0.1) is 0 Å². The lowest BCUT2D eigenvalue weighted by molar-refractivity contribution is 0.386. The lowest BCUT2D eigenvalue weighted by atomic mass is 10.3. The summed E-state index contributed by atoms with van der Waals surface area (Å²) in [4.78, 5) is 12.2. The summed E-state index contributed by atoms with van der Waals surface area (Å²) in [5.74, 6) is 0.498. The highest BCUT2D eigenvalue weighted by Crippen LogP contribution is 2.19. The number of aromatic nitrogens is 4. The van der Waals surface area contributed by atoms with E-state index in [9.17, 15) is 0 Å². The minimum absolute atomic E-state index is 0.175. The van der Waals surface area contributed by atoms with Gasteiger partial charge in [0.1, 0.15) is 5.52 Å². The summed E-state index contributed by atoms with van der Waals surface area (Å²) in [6, 6.07) is 0. The van der Waals surface area contributed by atoms with Gasteiger partial charge in [-0.2, -0.15) is 9.97 Å². The molecule has 1 saturated heterocycles. The minimum atomic E-state index is 0.175. The highest BCUT2D eigenvalue weighted by Gasteiger charge is 2.22. The smallest absolute Gasteiger partial charge is 0.224 e. The molecule has 3 rings (SSSR count). The molecule has 0 spiro atoms. The van der Waals surface area contributed by atoms with E-state index in [-0.39, 0.29) is 5.95 Å². The van der Waals surface area contributed by atoms with Gasteiger partial charge in [-0.05, 0) is 6.42 Å². The van der Waals surface area contributed by atoms with E-state index in [2.05, 4.69) is 15.0 Å². The minimum Gasteiger partial charge on any atom is -0.382 e. The van der Waals surface area contributed by atoms with E-state index >= 15 is 0 Å². The number of ether oxygens (including phenoxy) is 1. The predicted molar refractivity (Wildman–Crippen MR) is 58.5 cm³/mol. The molecule has 2 aromatic rings. The zero-order valence-corrected chi connectivity index (χ0v) is 8.63. The molecule has 0 unspecified atom stereocenters. The van der Waals surface area contributed by atoms with Gasteiger partial charge in [-0.3, -0.25) is 0 Å². The van der Waals surface area contributed by atoms with Crippen molar-refractivity contribution >= 4 is 22.9 Å². The number of aryl methyl sites for hydroxylation is 1. The largest absolute Gasteiger partial charge is 0.382 e. The SMILES string of the molecule is Nc1nc(N)c2ncn(CC[C@@H]3CO3)c2n1. The summed E-state index contributed by atoms with van der Waals surface area (Å²) in [6.07, 6.45) is 3.04. The lowest BCUT2D eigenvalue weighted by Crippen LogP contribution is -2.04. The van der Waals surface area contributed by atoms with E-state index in [4.69, 9.17) is 16.2 Å². The summed E-state index contributed by atoms with van der Waals surface area (Å²) in [7, 11) is 0. The van der Waals surface area contributed by atoms with Gasteiger partial charge in [0.25, 0.3) is 0 Å². The van der Waals surface area contributed by atoms with Crippen molar-refractivity contribution in [3.63, 3.8) is 0 Å². The number of anilines is 2. The van der Waals surface area contributed by atoms with Gasteiger partial charge in [0.15, 0.2) is 11.5 Å². The fourth-order valence-corrected chi connectivity index (χ4v) is 1.67. The van der Waals surface area contributed by atoms with E-state index in [0.29, 0.717) is 23.1 Å². The Balaban J connectivity index is 1.97. The van der Waals surface area contributed by atoms with Gasteiger partial charge >= 0.3 is 0 Å². The molecule has 84 valence electrons. The van der Waals surface area contributed by atoms with Crippen LogP contribution >= 0.6 is 0 Å². The fourth-order valence-electron chi connectivity index (χ4n) is 1.67. The average molecular weight is 220 g/mol. The van der Waals surface area contributed by atoms with Gasteiger partial charge < -0.3 is 20.8 Å². The monoisotopic (exact) mass is 220 g/mol. The molecule has 0 aliphatic carbocycles. The number of rotatable bonds is 3. The second-order valence-electron chi connectivity index (χ2n) is 3.82. The van der Waals surface area contributed by atoms with Crippen LogP contribution in [0.25, 0.3) is 11.2 Å². The third-order valence-corrected chi connectivity index (χ3v) is 2.60. The van der Waals surface area contributed by atoms with Crippen molar-refractivity contribution in [1.29, 1.82) is 0 Å². The first-order chi connectivity index (χ1) is 7.74. The quantitative estimate of drug-likeness (QED) is 0.692. The van der Waals surface area contributed by atoms with Crippen molar-refractivity contribution in [2.24, 2.45) is 0 Å². The Morgan fingerprint density at radius 2 is 2.25 bits per heavy atom. The summed E-state index contributed by atoms with van der Waals surface area (Å²) < 4.78 is 7.07. The zero-order valence-electron chi connectivity index (χ0n) is 8.63. The van der Waals surface area contributed by atoms with Crippen LogP contribution in [-0.2, 0) is 11.3 Å². The Morgan fingerprint density at radius 3 is 3.00 bits per heavy atom. The van der Waals surface area contributed by atoms with Gasteiger partial charge in [-0.1, -0.05) is 0 Å². The standard InChI is InChI=1S/C9H12N6O/c10-7-6-8(14-9(11)13-7)15(4-12-6)2-1-5-3-16-5/h4-5H,1-3H2,(H4,10,11,13,14)/t5-/m1/s1. The van der Waals surface area contributed by atoms with Crippen LogP contribution in [0.3, 0.4) is 0 Å². The summed E-state index contributed by atoms with van der Waals surface area (Å²) in [6.45, 7) is 1.66. The van der Waals surface area contributed by atoms with Crippen LogP contribution < -0.4 is 11.5 Å². The molecule has 4 N–H and O–H groups in total. The number of hydrogen-bond acceptors (Lipinski definition) is 6. The molecule has 7 nitrogen and oxygen atoms in total. The maximum absolute atomic E-state index is 5.71. The fraction of sp³-hybridized carbons (Fsp3) is 0.444. The van der Waals surface area contributed by atoms with Crippen molar-refractivity contribution in [3.8, 4) is 0 Å². The molecular formula is C9H12N6O. The summed E-state index contributed by atoms with van der Waals surface area (Å²) >= 11 is 0. The van der Waals surface area contributed by atoms with E-state index < -0.39 is 0 Å². The lowest BCUT2D eigenvalue weighted by Gasteiger charge is -2.02. The van der Waals surface area contributed by atoms with Gasteiger partial charge in [0, 0.05) is 6.54 Å². The third kappa shape index (κ3) is 1.54. The molecule has 0 radical (unpaired) electrons. The zero-order chi connectivity index (χ0) is 11.1. The molecule has 0 amide bonds. The Morgan fingerprint density at radius 1 is 1.44 bits per heavy atom. The number of nitrogens with zero attached hydrogens (tertiary/aromatic N) is 4. The molecule has 3 heterocycles.